The molecule has 0 amide bonds. The maximum absolute atomic E-state index is 8.53. The van der Waals surface area contributed by atoms with Crippen molar-refractivity contribution in [2.24, 2.45) is 5.92 Å². The molecular weight excluding hydrogens is 124 g/mol. The predicted molar refractivity (Wildman–Crippen MR) is 40.4 cm³/mol. The van der Waals surface area contributed by atoms with Crippen LogP contribution >= 0.6 is 0 Å². The molecule has 1 fully saturated rings. The number of nitrogens with zero attached hydrogens (tertiary/aromatic N) is 2. The van der Waals surface area contributed by atoms with Gasteiger partial charge in [0.25, 0.3) is 0 Å². The van der Waals surface area contributed by atoms with Crippen LogP contribution in [0.5, 0.6) is 0 Å². The van der Waals surface area contributed by atoms with Gasteiger partial charge < -0.3 is 4.90 Å². The van der Waals surface area contributed by atoms with Gasteiger partial charge in [-0.1, -0.05) is 0 Å². The van der Waals surface area contributed by atoms with Crippen molar-refractivity contribution in [1.82, 2.24) is 4.90 Å². The molecule has 0 aromatic rings. The van der Waals surface area contributed by atoms with Gasteiger partial charge >= 0.3 is 0 Å². The molecule has 1 saturated carbocycles. The largest absolute Gasteiger partial charge is 0.304 e. The van der Waals surface area contributed by atoms with E-state index >= 15 is 0 Å². The van der Waals surface area contributed by atoms with Gasteiger partial charge in [-0.15, -0.1) is 0 Å². The van der Waals surface area contributed by atoms with Gasteiger partial charge in [0.05, 0.1) is 6.07 Å². The van der Waals surface area contributed by atoms with Crippen LogP contribution in [0.3, 0.4) is 0 Å². The van der Waals surface area contributed by atoms with Gasteiger partial charge in [0, 0.05) is 11.5 Å². The van der Waals surface area contributed by atoms with E-state index in [4.69, 9.17) is 5.26 Å². The molecule has 1 aliphatic carbocycles. The molecule has 0 bridgehead atoms. The third kappa shape index (κ3) is 1.02. The Morgan fingerprint density at radius 3 is 2.30 bits per heavy atom. The highest BCUT2D eigenvalue weighted by atomic mass is 15.1. The third-order valence-electron chi connectivity index (χ3n) is 2.63. The van der Waals surface area contributed by atoms with Gasteiger partial charge in [-0.25, -0.2) is 0 Å². The minimum atomic E-state index is 0.306. The summed E-state index contributed by atoms with van der Waals surface area (Å²) in [5.41, 5.74) is 0.306. The summed E-state index contributed by atoms with van der Waals surface area (Å²) >= 11 is 0. The molecule has 0 unspecified atom stereocenters. The van der Waals surface area contributed by atoms with Crippen LogP contribution < -0.4 is 0 Å². The van der Waals surface area contributed by atoms with E-state index in [1.807, 2.05) is 0 Å². The lowest BCUT2D eigenvalue weighted by molar-refractivity contribution is 0.0489. The summed E-state index contributed by atoms with van der Waals surface area (Å²) in [6, 6.07) is 2.28. The van der Waals surface area contributed by atoms with E-state index in [1.54, 1.807) is 0 Å². The van der Waals surface area contributed by atoms with E-state index in [0.717, 1.165) is 12.8 Å². The van der Waals surface area contributed by atoms with Crippen molar-refractivity contribution in [2.75, 3.05) is 14.1 Å². The molecule has 2 heteroatoms. The Morgan fingerprint density at radius 1 is 1.50 bits per heavy atom. The Balaban J connectivity index is 2.43. The van der Waals surface area contributed by atoms with Crippen molar-refractivity contribution in [1.29, 1.82) is 5.26 Å². The van der Waals surface area contributed by atoms with Crippen molar-refractivity contribution in [3.05, 3.63) is 0 Å². The van der Waals surface area contributed by atoms with Crippen LogP contribution in [0.1, 0.15) is 19.8 Å². The molecule has 0 saturated heterocycles. The van der Waals surface area contributed by atoms with Gasteiger partial charge in [-0.3, -0.25) is 0 Å². The quantitative estimate of drug-likeness (QED) is 0.545. The average molecular weight is 138 g/mol. The van der Waals surface area contributed by atoms with Gasteiger partial charge in [-0.2, -0.15) is 5.26 Å². The number of hydrogen-bond donors (Lipinski definition) is 0. The van der Waals surface area contributed by atoms with Crippen LogP contribution in [-0.2, 0) is 0 Å². The van der Waals surface area contributed by atoms with Gasteiger partial charge in [0.2, 0.25) is 0 Å². The van der Waals surface area contributed by atoms with E-state index < -0.39 is 0 Å². The van der Waals surface area contributed by atoms with Gasteiger partial charge in [-0.05, 0) is 33.9 Å². The summed E-state index contributed by atoms with van der Waals surface area (Å²) < 4.78 is 0. The zero-order valence-electron chi connectivity index (χ0n) is 6.89. The van der Waals surface area contributed by atoms with Crippen molar-refractivity contribution in [2.45, 2.75) is 25.3 Å². The molecule has 1 rings (SSSR count). The van der Waals surface area contributed by atoms with E-state index in [9.17, 15) is 0 Å². The molecule has 10 heavy (non-hydrogen) atoms. The highest BCUT2D eigenvalue weighted by molar-refractivity contribution is 5.05. The Bertz CT molecular complexity index is 161. The molecule has 0 aromatic heterocycles. The second kappa shape index (κ2) is 2.25. The molecule has 0 N–H and O–H groups in total. The predicted octanol–water partition coefficient (Wildman–Crippen LogP) is 1.24. The molecule has 0 aliphatic heterocycles. The summed E-state index contributed by atoms with van der Waals surface area (Å²) in [6.45, 7) is 2.21. The molecule has 1 aliphatic rings. The molecule has 56 valence electrons. The number of hydrogen-bond acceptors (Lipinski definition) is 2. The number of rotatable bonds is 1. The molecule has 0 radical (unpaired) electrons. The summed E-state index contributed by atoms with van der Waals surface area (Å²) in [6.07, 6.45) is 2.08. The van der Waals surface area contributed by atoms with Crippen LogP contribution in [0.2, 0.25) is 0 Å². The van der Waals surface area contributed by atoms with Crippen LogP contribution in [0, 0.1) is 17.2 Å². The first kappa shape index (κ1) is 7.56. The molecule has 2 nitrogen and oxygen atoms in total. The van der Waals surface area contributed by atoms with Crippen molar-refractivity contribution < 1.29 is 0 Å². The smallest absolute Gasteiger partial charge is 0.0657 e. The van der Waals surface area contributed by atoms with Crippen LogP contribution in [0.15, 0.2) is 0 Å². The lowest BCUT2D eigenvalue weighted by Crippen LogP contribution is -2.51. The Hall–Kier alpha value is -0.550. The molecular formula is C8H14N2. The first-order chi connectivity index (χ1) is 4.58. The standard InChI is InChI=1S/C8H14N2/c1-8(10(2)3)4-7(5-8)6-9/h7H,4-5H2,1-3H3. The van der Waals surface area contributed by atoms with Crippen LogP contribution in [0.4, 0.5) is 0 Å². The topological polar surface area (TPSA) is 27.0 Å². The molecule has 0 atom stereocenters. The minimum Gasteiger partial charge on any atom is -0.304 e. The van der Waals surface area contributed by atoms with Gasteiger partial charge in [0.1, 0.15) is 0 Å². The SMILES string of the molecule is CN(C)C1(C)CC(C#N)C1. The highest BCUT2D eigenvalue weighted by Gasteiger charge is 2.41. The lowest BCUT2D eigenvalue weighted by Gasteiger charge is -2.47. The van der Waals surface area contributed by atoms with E-state index in [0.29, 0.717) is 11.5 Å². The Kier molecular flexibility index (Phi) is 1.70. The Morgan fingerprint density at radius 2 is 2.00 bits per heavy atom. The highest BCUT2D eigenvalue weighted by Crippen LogP contribution is 2.40. The normalized spacial score (nSPS) is 38.9. The second-order valence-electron chi connectivity index (χ2n) is 3.63. The van der Waals surface area contributed by atoms with E-state index in [2.05, 4.69) is 32.0 Å². The summed E-state index contributed by atoms with van der Waals surface area (Å²) in [5, 5.41) is 8.53. The van der Waals surface area contributed by atoms with Crippen LogP contribution in [-0.4, -0.2) is 24.5 Å². The maximum Gasteiger partial charge on any atom is 0.0657 e. The maximum atomic E-state index is 8.53. The van der Waals surface area contributed by atoms with Crippen molar-refractivity contribution in [3.8, 4) is 6.07 Å². The van der Waals surface area contributed by atoms with E-state index in [1.165, 1.54) is 0 Å². The fourth-order valence-electron chi connectivity index (χ4n) is 1.46. The Labute approximate surface area is 62.4 Å². The number of nitriles is 1. The fourth-order valence-corrected chi connectivity index (χ4v) is 1.46. The van der Waals surface area contributed by atoms with Crippen molar-refractivity contribution >= 4 is 0 Å². The lowest BCUT2D eigenvalue weighted by atomic mass is 9.69. The first-order valence-corrected chi connectivity index (χ1v) is 3.65. The molecule has 0 aromatic carbocycles. The molecule has 0 spiro atoms. The zero-order valence-corrected chi connectivity index (χ0v) is 6.89. The fraction of sp³-hybridized carbons (Fsp3) is 0.875. The monoisotopic (exact) mass is 138 g/mol. The van der Waals surface area contributed by atoms with Crippen molar-refractivity contribution in [3.63, 3.8) is 0 Å². The van der Waals surface area contributed by atoms with Gasteiger partial charge in [0.15, 0.2) is 0 Å². The summed E-state index contributed by atoms with van der Waals surface area (Å²) in [7, 11) is 4.15. The molecule has 0 heterocycles. The summed E-state index contributed by atoms with van der Waals surface area (Å²) in [4.78, 5) is 2.21. The van der Waals surface area contributed by atoms with Crippen LogP contribution in [0.25, 0.3) is 0 Å². The third-order valence-corrected chi connectivity index (χ3v) is 2.63. The summed E-state index contributed by atoms with van der Waals surface area (Å²) in [5.74, 6) is 0.312. The first-order valence-electron chi connectivity index (χ1n) is 3.65. The minimum absolute atomic E-state index is 0.306. The average Bonchev–Trinajstić information content (AvgIpc) is 1.80. The zero-order chi connectivity index (χ0) is 7.78. The second-order valence-corrected chi connectivity index (χ2v) is 3.63. The van der Waals surface area contributed by atoms with E-state index in [-0.39, 0.29) is 0 Å².